The molecule has 0 aromatic carbocycles. The van der Waals surface area contributed by atoms with Crippen LogP contribution in [0.15, 0.2) is 0 Å². The molecule has 132 valence electrons. The van der Waals surface area contributed by atoms with Crippen molar-refractivity contribution in [2.75, 3.05) is 0 Å². The summed E-state index contributed by atoms with van der Waals surface area (Å²) in [7, 11) is 0. The number of fused-ring (bicyclic) bond motifs is 2. The van der Waals surface area contributed by atoms with Crippen LogP contribution in [0.4, 0.5) is 0 Å². The predicted molar refractivity (Wildman–Crippen MR) is 94.0 cm³/mol. The summed E-state index contributed by atoms with van der Waals surface area (Å²) in [6, 6.07) is 0. The van der Waals surface area contributed by atoms with Crippen LogP contribution in [0.2, 0.25) is 0 Å². The summed E-state index contributed by atoms with van der Waals surface area (Å²) >= 11 is 0. The average molecular weight is 321 g/mol. The fourth-order valence-corrected chi connectivity index (χ4v) is 6.33. The summed E-state index contributed by atoms with van der Waals surface area (Å²) in [5.41, 5.74) is -0.273. The van der Waals surface area contributed by atoms with Gasteiger partial charge in [0.05, 0.1) is 5.92 Å². The van der Waals surface area contributed by atoms with Crippen LogP contribution in [-0.4, -0.2) is 11.6 Å². The van der Waals surface area contributed by atoms with Gasteiger partial charge in [-0.25, -0.2) is 0 Å². The van der Waals surface area contributed by atoms with E-state index in [1.807, 2.05) is 0 Å². The number of esters is 1. The fourth-order valence-electron chi connectivity index (χ4n) is 6.33. The quantitative estimate of drug-likeness (QED) is 0.617. The van der Waals surface area contributed by atoms with Crippen molar-refractivity contribution in [1.82, 2.24) is 0 Å². The SMILES string of the molecule is CCC1C2CC(C(=O)OC(C)(C)C3CCCCC3)C(C2)C1CC. The highest BCUT2D eigenvalue weighted by Gasteiger charge is 2.54. The molecule has 0 N–H and O–H groups in total. The van der Waals surface area contributed by atoms with E-state index in [-0.39, 0.29) is 17.5 Å². The van der Waals surface area contributed by atoms with Crippen molar-refractivity contribution in [2.45, 2.75) is 91.1 Å². The Bertz CT molecular complexity index is 422. The van der Waals surface area contributed by atoms with E-state index in [2.05, 4.69) is 27.7 Å². The monoisotopic (exact) mass is 320 g/mol. The van der Waals surface area contributed by atoms with Gasteiger partial charge in [-0.1, -0.05) is 46.0 Å². The predicted octanol–water partition coefficient (Wildman–Crippen LogP) is 5.60. The lowest BCUT2D eigenvalue weighted by Gasteiger charge is -2.39. The largest absolute Gasteiger partial charge is 0.459 e. The van der Waals surface area contributed by atoms with Gasteiger partial charge in [0, 0.05) is 0 Å². The molecule has 5 unspecified atom stereocenters. The van der Waals surface area contributed by atoms with E-state index in [0.29, 0.717) is 11.8 Å². The van der Waals surface area contributed by atoms with Crippen molar-refractivity contribution in [2.24, 2.45) is 35.5 Å². The van der Waals surface area contributed by atoms with Crippen molar-refractivity contribution in [3.8, 4) is 0 Å². The number of carbonyl (C=O) groups is 1. The lowest BCUT2D eigenvalue weighted by Crippen LogP contribution is -2.41. The van der Waals surface area contributed by atoms with E-state index < -0.39 is 0 Å². The minimum atomic E-state index is -0.273. The minimum Gasteiger partial charge on any atom is -0.459 e. The topological polar surface area (TPSA) is 26.3 Å². The molecule has 3 rings (SSSR count). The van der Waals surface area contributed by atoms with Crippen LogP contribution in [0.5, 0.6) is 0 Å². The fraction of sp³-hybridized carbons (Fsp3) is 0.952. The molecule has 3 saturated carbocycles. The van der Waals surface area contributed by atoms with Crippen LogP contribution in [-0.2, 0) is 9.53 Å². The Kier molecular flexibility index (Phi) is 5.09. The normalized spacial score (nSPS) is 38.0. The number of ether oxygens (including phenoxy) is 1. The lowest BCUT2D eigenvalue weighted by atomic mass is 9.71. The number of hydrogen-bond donors (Lipinski definition) is 0. The van der Waals surface area contributed by atoms with Crippen LogP contribution < -0.4 is 0 Å². The minimum absolute atomic E-state index is 0.126. The number of hydrogen-bond acceptors (Lipinski definition) is 2. The second kappa shape index (κ2) is 6.76. The molecule has 3 aliphatic rings. The van der Waals surface area contributed by atoms with Gasteiger partial charge in [0.25, 0.3) is 0 Å². The zero-order valence-electron chi connectivity index (χ0n) is 15.6. The van der Waals surface area contributed by atoms with Crippen LogP contribution >= 0.6 is 0 Å². The van der Waals surface area contributed by atoms with E-state index in [9.17, 15) is 4.79 Å². The molecular weight excluding hydrogens is 284 g/mol. The lowest BCUT2D eigenvalue weighted by molar-refractivity contribution is -0.171. The Morgan fingerprint density at radius 1 is 1.00 bits per heavy atom. The molecular formula is C21H36O2. The summed E-state index contributed by atoms with van der Waals surface area (Å²) in [5.74, 6) is 3.88. The van der Waals surface area contributed by atoms with Gasteiger partial charge in [-0.2, -0.15) is 0 Å². The molecule has 2 bridgehead atoms. The molecule has 0 amide bonds. The number of carbonyl (C=O) groups excluding carboxylic acids is 1. The smallest absolute Gasteiger partial charge is 0.309 e. The second-order valence-electron chi connectivity index (χ2n) is 9.01. The highest BCUT2D eigenvalue weighted by molar-refractivity contribution is 5.74. The third-order valence-corrected chi connectivity index (χ3v) is 7.55. The molecule has 0 heterocycles. The first-order chi connectivity index (χ1) is 11.0. The standard InChI is InChI=1S/C21H36O2/c1-5-16-14-12-18(17(16)6-2)19(13-14)20(22)23-21(3,4)15-10-8-7-9-11-15/h14-19H,5-13H2,1-4H3. The van der Waals surface area contributed by atoms with Gasteiger partial charge in [0.15, 0.2) is 0 Å². The maximum absolute atomic E-state index is 12.9. The summed E-state index contributed by atoms with van der Waals surface area (Å²) in [4.78, 5) is 12.9. The molecule has 0 radical (unpaired) electrons. The zero-order chi connectivity index (χ0) is 16.6. The number of rotatable bonds is 5. The first-order valence-corrected chi connectivity index (χ1v) is 10.2. The summed E-state index contributed by atoms with van der Waals surface area (Å²) in [6.07, 6.45) is 11.3. The van der Waals surface area contributed by atoms with Gasteiger partial charge >= 0.3 is 5.97 Å². The molecule has 0 aliphatic heterocycles. The Hall–Kier alpha value is -0.530. The van der Waals surface area contributed by atoms with E-state index in [0.717, 1.165) is 24.2 Å². The average Bonchev–Trinajstić information content (AvgIpc) is 3.12. The van der Waals surface area contributed by atoms with Gasteiger partial charge in [-0.15, -0.1) is 0 Å². The van der Waals surface area contributed by atoms with Crippen molar-refractivity contribution in [3.05, 3.63) is 0 Å². The Balaban J connectivity index is 1.63. The van der Waals surface area contributed by atoms with Crippen molar-refractivity contribution >= 4 is 5.97 Å². The summed E-state index contributed by atoms with van der Waals surface area (Å²) in [5, 5.41) is 0. The first kappa shape index (κ1) is 17.3. The maximum Gasteiger partial charge on any atom is 0.309 e. The third kappa shape index (κ3) is 3.20. The summed E-state index contributed by atoms with van der Waals surface area (Å²) in [6.45, 7) is 8.94. The van der Waals surface area contributed by atoms with E-state index in [1.165, 1.54) is 51.4 Å². The van der Waals surface area contributed by atoms with E-state index in [1.54, 1.807) is 0 Å². The third-order valence-electron chi connectivity index (χ3n) is 7.55. The van der Waals surface area contributed by atoms with Crippen LogP contribution in [0.3, 0.4) is 0 Å². The molecule has 2 heteroatoms. The second-order valence-corrected chi connectivity index (χ2v) is 9.01. The van der Waals surface area contributed by atoms with Gasteiger partial charge in [-0.05, 0) is 69.1 Å². The van der Waals surface area contributed by atoms with Crippen molar-refractivity contribution in [1.29, 1.82) is 0 Å². The van der Waals surface area contributed by atoms with Gasteiger partial charge in [0.2, 0.25) is 0 Å². The van der Waals surface area contributed by atoms with Crippen LogP contribution in [0.25, 0.3) is 0 Å². The first-order valence-electron chi connectivity index (χ1n) is 10.2. The van der Waals surface area contributed by atoms with Crippen molar-refractivity contribution < 1.29 is 9.53 Å². The van der Waals surface area contributed by atoms with Gasteiger partial charge in [0.1, 0.15) is 5.60 Å². The van der Waals surface area contributed by atoms with Gasteiger partial charge < -0.3 is 4.74 Å². The Morgan fingerprint density at radius 2 is 1.65 bits per heavy atom. The molecule has 0 aromatic heterocycles. The van der Waals surface area contributed by atoms with E-state index in [4.69, 9.17) is 4.74 Å². The van der Waals surface area contributed by atoms with Crippen LogP contribution in [0.1, 0.15) is 85.5 Å². The van der Waals surface area contributed by atoms with Gasteiger partial charge in [-0.3, -0.25) is 4.79 Å². The maximum atomic E-state index is 12.9. The highest BCUT2D eigenvalue weighted by atomic mass is 16.6. The Morgan fingerprint density at radius 3 is 2.26 bits per heavy atom. The van der Waals surface area contributed by atoms with Crippen molar-refractivity contribution in [3.63, 3.8) is 0 Å². The molecule has 0 aromatic rings. The molecule has 3 aliphatic carbocycles. The summed E-state index contributed by atoms with van der Waals surface area (Å²) < 4.78 is 6.14. The zero-order valence-corrected chi connectivity index (χ0v) is 15.6. The molecule has 0 spiro atoms. The van der Waals surface area contributed by atoms with E-state index >= 15 is 0 Å². The molecule has 5 atom stereocenters. The molecule has 2 nitrogen and oxygen atoms in total. The molecule has 0 saturated heterocycles. The molecule has 23 heavy (non-hydrogen) atoms. The van der Waals surface area contributed by atoms with Crippen LogP contribution in [0, 0.1) is 35.5 Å². The Labute approximate surface area is 142 Å². The molecule has 3 fully saturated rings. The highest BCUT2D eigenvalue weighted by Crippen LogP contribution is 2.57.